The first-order valence-corrected chi connectivity index (χ1v) is 7.26. The van der Waals surface area contributed by atoms with Crippen LogP contribution in [0.1, 0.15) is 35.3 Å². The predicted octanol–water partition coefficient (Wildman–Crippen LogP) is 2.01. The second-order valence-electron chi connectivity index (χ2n) is 4.99. The van der Waals surface area contributed by atoms with E-state index >= 15 is 0 Å². The lowest BCUT2D eigenvalue weighted by Crippen LogP contribution is -2.22. The zero-order chi connectivity index (χ0) is 16.5. The molecule has 0 spiro atoms. The van der Waals surface area contributed by atoms with Crippen molar-refractivity contribution in [3.63, 3.8) is 0 Å². The fraction of sp³-hybridized carbons (Fsp3) is 0.353. The number of carbonyl (C=O) groups excluding carboxylic acids is 2. The van der Waals surface area contributed by atoms with Gasteiger partial charge in [0.05, 0.1) is 5.71 Å². The molecule has 0 fully saturated rings. The molecule has 0 heterocycles. The van der Waals surface area contributed by atoms with Crippen molar-refractivity contribution in [1.29, 1.82) is 0 Å². The molecule has 1 rings (SSSR count). The Morgan fingerprint density at radius 1 is 1.36 bits per heavy atom. The predicted molar refractivity (Wildman–Crippen MR) is 89.2 cm³/mol. The molecule has 0 bridgehead atoms. The Bertz CT molecular complexity index is 604. The summed E-state index contributed by atoms with van der Waals surface area (Å²) in [6, 6.07) is 5.52. The van der Waals surface area contributed by atoms with Crippen LogP contribution in [-0.4, -0.2) is 31.5 Å². The van der Waals surface area contributed by atoms with E-state index in [0.717, 1.165) is 23.1 Å². The number of hydrogen-bond acceptors (Lipinski definition) is 4. The largest absolute Gasteiger partial charge is 0.352 e. The number of rotatable bonds is 7. The van der Waals surface area contributed by atoms with Crippen molar-refractivity contribution < 1.29 is 9.59 Å². The second kappa shape index (κ2) is 8.77. The summed E-state index contributed by atoms with van der Waals surface area (Å²) < 4.78 is 0. The standard InChI is InChI=1S/C17H23N3O2/c1-5-19-17(22)16-7-6-15(12(2)8-16)10-14(11-21)9-13(3)20-18-4/h6-9,11,18H,5,10H2,1-4H3,(H,19,22)/b14-9-,20-13-. The van der Waals surface area contributed by atoms with Crippen LogP contribution in [0.2, 0.25) is 0 Å². The molecule has 0 atom stereocenters. The molecule has 1 amide bonds. The number of nitrogens with zero attached hydrogens (tertiary/aromatic N) is 1. The number of nitrogens with one attached hydrogen (secondary N) is 2. The maximum atomic E-state index is 11.8. The first kappa shape index (κ1) is 17.6. The average molecular weight is 301 g/mol. The normalized spacial score (nSPS) is 12.0. The van der Waals surface area contributed by atoms with Gasteiger partial charge in [-0.1, -0.05) is 6.07 Å². The molecule has 1 aromatic rings. The van der Waals surface area contributed by atoms with Crippen LogP contribution in [0, 0.1) is 6.92 Å². The zero-order valence-electron chi connectivity index (χ0n) is 13.6. The van der Waals surface area contributed by atoms with Gasteiger partial charge < -0.3 is 10.7 Å². The van der Waals surface area contributed by atoms with Crippen LogP contribution in [0.25, 0.3) is 0 Å². The first-order chi connectivity index (χ1) is 10.5. The number of aldehydes is 1. The zero-order valence-corrected chi connectivity index (χ0v) is 13.6. The van der Waals surface area contributed by atoms with E-state index in [-0.39, 0.29) is 5.91 Å². The minimum Gasteiger partial charge on any atom is -0.352 e. The van der Waals surface area contributed by atoms with E-state index in [2.05, 4.69) is 15.8 Å². The topological polar surface area (TPSA) is 70.6 Å². The highest BCUT2D eigenvalue weighted by atomic mass is 16.1. The fourth-order valence-corrected chi connectivity index (χ4v) is 2.12. The summed E-state index contributed by atoms with van der Waals surface area (Å²) in [5, 5.41) is 6.78. The van der Waals surface area contributed by atoms with Gasteiger partial charge in [-0.05, 0) is 55.7 Å². The van der Waals surface area contributed by atoms with Gasteiger partial charge in [0, 0.05) is 25.6 Å². The quantitative estimate of drug-likeness (QED) is 0.350. The van der Waals surface area contributed by atoms with Gasteiger partial charge in [-0.3, -0.25) is 9.59 Å². The maximum Gasteiger partial charge on any atom is 0.251 e. The molecule has 0 unspecified atom stereocenters. The number of aryl methyl sites for hydroxylation is 1. The van der Waals surface area contributed by atoms with Gasteiger partial charge >= 0.3 is 0 Å². The molecule has 0 aliphatic rings. The minimum atomic E-state index is -0.0831. The summed E-state index contributed by atoms with van der Waals surface area (Å²) in [6.07, 6.45) is 3.11. The molecule has 0 aliphatic carbocycles. The Hall–Kier alpha value is -2.43. The summed E-state index contributed by atoms with van der Waals surface area (Å²) in [5.41, 5.74) is 6.70. The molecule has 1 aromatic carbocycles. The lowest BCUT2D eigenvalue weighted by molar-refractivity contribution is -0.105. The molecule has 118 valence electrons. The molecule has 0 saturated carbocycles. The number of hydrogen-bond donors (Lipinski definition) is 2. The van der Waals surface area contributed by atoms with Crippen molar-refractivity contribution in [2.75, 3.05) is 13.6 Å². The van der Waals surface area contributed by atoms with Crippen LogP contribution in [0.4, 0.5) is 0 Å². The van der Waals surface area contributed by atoms with Crippen molar-refractivity contribution in [2.24, 2.45) is 5.10 Å². The van der Waals surface area contributed by atoms with Gasteiger partial charge in [0.1, 0.15) is 6.29 Å². The molecule has 0 saturated heterocycles. The van der Waals surface area contributed by atoms with Gasteiger partial charge in [0.15, 0.2) is 0 Å². The van der Waals surface area contributed by atoms with E-state index in [1.807, 2.05) is 32.9 Å². The number of allylic oxidation sites excluding steroid dienone is 2. The van der Waals surface area contributed by atoms with Gasteiger partial charge in [-0.2, -0.15) is 5.10 Å². The Kier molecular flexibility index (Phi) is 7.02. The molecule has 2 N–H and O–H groups in total. The van der Waals surface area contributed by atoms with Gasteiger partial charge in [-0.15, -0.1) is 0 Å². The highest BCUT2D eigenvalue weighted by Crippen LogP contribution is 2.15. The van der Waals surface area contributed by atoms with Crippen molar-refractivity contribution in [2.45, 2.75) is 27.2 Å². The molecule has 5 nitrogen and oxygen atoms in total. The number of amides is 1. The molecular weight excluding hydrogens is 278 g/mol. The SMILES string of the molecule is CCNC(=O)c1ccc(C/C(C=O)=C/C(C)=N\NC)c(C)c1. The van der Waals surface area contributed by atoms with Crippen molar-refractivity contribution >= 4 is 17.9 Å². The average Bonchev–Trinajstić information content (AvgIpc) is 2.48. The summed E-state index contributed by atoms with van der Waals surface area (Å²) in [7, 11) is 1.71. The van der Waals surface area contributed by atoms with Crippen LogP contribution in [0.3, 0.4) is 0 Å². The van der Waals surface area contributed by atoms with Crippen LogP contribution >= 0.6 is 0 Å². The maximum absolute atomic E-state index is 11.8. The number of carbonyl (C=O) groups is 2. The Morgan fingerprint density at radius 3 is 2.64 bits per heavy atom. The molecule has 5 heteroatoms. The Morgan fingerprint density at radius 2 is 2.09 bits per heavy atom. The van der Waals surface area contributed by atoms with Crippen LogP contribution in [0.5, 0.6) is 0 Å². The van der Waals surface area contributed by atoms with Gasteiger partial charge in [0.2, 0.25) is 0 Å². The highest BCUT2D eigenvalue weighted by molar-refractivity contribution is 5.97. The van der Waals surface area contributed by atoms with Crippen molar-refractivity contribution in [1.82, 2.24) is 10.7 Å². The fourth-order valence-electron chi connectivity index (χ4n) is 2.12. The van der Waals surface area contributed by atoms with Crippen LogP contribution in [0.15, 0.2) is 34.9 Å². The molecule has 0 radical (unpaired) electrons. The van der Waals surface area contributed by atoms with Gasteiger partial charge in [0.25, 0.3) is 5.91 Å². The molecule has 22 heavy (non-hydrogen) atoms. The third kappa shape index (κ3) is 5.16. The summed E-state index contributed by atoms with van der Waals surface area (Å²) in [4.78, 5) is 23.0. The number of benzene rings is 1. The van der Waals surface area contributed by atoms with Crippen molar-refractivity contribution in [3.8, 4) is 0 Å². The smallest absolute Gasteiger partial charge is 0.251 e. The summed E-state index contributed by atoms with van der Waals surface area (Å²) in [6.45, 7) is 6.25. The Labute approximate surface area is 131 Å². The summed E-state index contributed by atoms with van der Waals surface area (Å²) in [5.74, 6) is -0.0831. The van der Waals surface area contributed by atoms with E-state index < -0.39 is 0 Å². The monoisotopic (exact) mass is 301 g/mol. The van der Waals surface area contributed by atoms with Crippen molar-refractivity contribution in [3.05, 3.63) is 46.5 Å². The first-order valence-electron chi connectivity index (χ1n) is 7.26. The lowest BCUT2D eigenvalue weighted by atomic mass is 9.98. The molecule has 0 aliphatic heterocycles. The van der Waals surface area contributed by atoms with E-state index in [9.17, 15) is 9.59 Å². The lowest BCUT2D eigenvalue weighted by Gasteiger charge is -2.09. The third-order valence-corrected chi connectivity index (χ3v) is 3.17. The van der Waals surface area contributed by atoms with E-state index in [1.54, 1.807) is 19.2 Å². The highest BCUT2D eigenvalue weighted by Gasteiger charge is 2.08. The minimum absolute atomic E-state index is 0.0831. The third-order valence-electron chi connectivity index (χ3n) is 3.17. The summed E-state index contributed by atoms with van der Waals surface area (Å²) >= 11 is 0. The van der Waals surface area contributed by atoms with E-state index in [1.165, 1.54) is 0 Å². The second-order valence-corrected chi connectivity index (χ2v) is 4.99. The van der Waals surface area contributed by atoms with E-state index in [4.69, 9.17) is 0 Å². The Balaban J connectivity index is 2.96. The van der Waals surface area contributed by atoms with Gasteiger partial charge in [-0.25, -0.2) is 0 Å². The molecular formula is C17H23N3O2. The van der Waals surface area contributed by atoms with E-state index in [0.29, 0.717) is 24.1 Å². The van der Waals surface area contributed by atoms with Crippen LogP contribution in [-0.2, 0) is 11.2 Å². The van der Waals surface area contributed by atoms with Crippen LogP contribution < -0.4 is 10.7 Å². The number of hydrazone groups is 1. The molecule has 0 aromatic heterocycles.